The topological polar surface area (TPSA) is 12.4 Å². The van der Waals surface area contributed by atoms with Gasteiger partial charge in [-0.2, -0.15) is 4.39 Å². The lowest BCUT2D eigenvalue weighted by Crippen LogP contribution is -1.76. The van der Waals surface area contributed by atoms with Gasteiger partial charge in [0.1, 0.15) is 0 Å². The molecular weight excluding hydrogens is 129 g/mol. The Morgan fingerprint density at radius 3 is 2.30 bits per heavy atom. The van der Waals surface area contributed by atoms with E-state index in [1.165, 1.54) is 6.08 Å². The fraction of sp³-hybridized carbons (Fsp3) is 0.375. The standard InChI is InChI=1S/C6H8FN.C2H6/c1-3-5-6(7)8-4-2;1-2/h3-5H,2H2,1H3;1-2H3/b5-3-,8-6?;. The quantitative estimate of drug-likeness (QED) is 0.527. The SMILES string of the molecule is C=CN=C(F)/C=C\C.CC. The second kappa shape index (κ2) is 11.0. The number of rotatable bonds is 2. The minimum atomic E-state index is -0.512. The van der Waals surface area contributed by atoms with Crippen LogP contribution in [0, 0.1) is 0 Å². The Bertz CT molecular complexity index is 125. The molecule has 0 atom stereocenters. The third kappa shape index (κ3) is 10.1. The number of halogens is 1. The van der Waals surface area contributed by atoms with Gasteiger partial charge in [-0.3, -0.25) is 0 Å². The first-order valence-electron chi connectivity index (χ1n) is 3.28. The lowest BCUT2D eigenvalue weighted by molar-refractivity contribution is 0.812. The molecule has 0 aromatic rings. The maximum atomic E-state index is 12.0. The van der Waals surface area contributed by atoms with E-state index in [9.17, 15) is 4.39 Å². The van der Waals surface area contributed by atoms with Crippen molar-refractivity contribution in [3.8, 4) is 0 Å². The lowest BCUT2D eigenvalue weighted by atomic mass is 10.5. The van der Waals surface area contributed by atoms with Crippen molar-refractivity contribution in [2.45, 2.75) is 20.8 Å². The van der Waals surface area contributed by atoms with Crippen molar-refractivity contribution in [1.82, 2.24) is 0 Å². The highest BCUT2D eigenvalue weighted by Gasteiger charge is 1.79. The van der Waals surface area contributed by atoms with Crippen LogP contribution in [0.2, 0.25) is 0 Å². The zero-order valence-corrected chi connectivity index (χ0v) is 6.76. The van der Waals surface area contributed by atoms with Gasteiger partial charge in [0.2, 0.25) is 5.97 Å². The summed E-state index contributed by atoms with van der Waals surface area (Å²) in [6, 6.07) is 0. The molecule has 0 spiro atoms. The predicted octanol–water partition coefficient (Wildman–Crippen LogP) is 3.10. The third-order valence-electron chi connectivity index (χ3n) is 0.519. The highest BCUT2D eigenvalue weighted by atomic mass is 19.1. The smallest absolute Gasteiger partial charge is 0.212 e. The minimum absolute atomic E-state index is 0.512. The molecule has 0 aromatic carbocycles. The van der Waals surface area contributed by atoms with Crippen molar-refractivity contribution >= 4 is 5.97 Å². The number of nitrogens with zero attached hydrogens (tertiary/aromatic N) is 1. The molecule has 0 radical (unpaired) electrons. The van der Waals surface area contributed by atoms with Gasteiger partial charge < -0.3 is 0 Å². The third-order valence-corrected chi connectivity index (χ3v) is 0.519. The molecule has 1 nitrogen and oxygen atoms in total. The first-order valence-corrected chi connectivity index (χ1v) is 3.28. The molecule has 0 rings (SSSR count). The van der Waals surface area contributed by atoms with E-state index in [2.05, 4.69) is 11.6 Å². The Labute approximate surface area is 62.0 Å². The molecule has 0 aliphatic rings. The van der Waals surface area contributed by atoms with Gasteiger partial charge in [0.15, 0.2) is 0 Å². The maximum Gasteiger partial charge on any atom is 0.212 e. The van der Waals surface area contributed by atoms with Crippen LogP contribution in [0.1, 0.15) is 20.8 Å². The van der Waals surface area contributed by atoms with Gasteiger partial charge in [-0.1, -0.05) is 26.5 Å². The predicted molar refractivity (Wildman–Crippen MR) is 44.9 cm³/mol. The van der Waals surface area contributed by atoms with Crippen molar-refractivity contribution in [2.75, 3.05) is 0 Å². The highest BCUT2D eigenvalue weighted by molar-refractivity contribution is 5.86. The van der Waals surface area contributed by atoms with Crippen LogP contribution in [-0.4, -0.2) is 5.97 Å². The molecule has 0 saturated heterocycles. The van der Waals surface area contributed by atoms with Gasteiger partial charge in [-0.15, -0.1) is 0 Å². The van der Waals surface area contributed by atoms with Gasteiger partial charge in [0.25, 0.3) is 0 Å². The number of aliphatic imine (C=N–C) groups is 1. The monoisotopic (exact) mass is 143 g/mol. The second-order valence-electron chi connectivity index (χ2n) is 1.13. The molecule has 0 aromatic heterocycles. The molecular formula is C8H14FN. The van der Waals surface area contributed by atoms with Crippen molar-refractivity contribution < 1.29 is 4.39 Å². The number of allylic oxidation sites excluding steroid dienone is 2. The summed E-state index contributed by atoms with van der Waals surface area (Å²) in [5.74, 6) is -0.512. The van der Waals surface area contributed by atoms with E-state index in [-0.39, 0.29) is 0 Å². The summed E-state index contributed by atoms with van der Waals surface area (Å²) in [6.45, 7) is 8.94. The molecule has 0 aliphatic carbocycles. The van der Waals surface area contributed by atoms with E-state index < -0.39 is 5.97 Å². The van der Waals surface area contributed by atoms with Crippen molar-refractivity contribution in [3.05, 3.63) is 24.9 Å². The Balaban J connectivity index is 0. The van der Waals surface area contributed by atoms with E-state index >= 15 is 0 Å². The summed E-state index contributed by atoms with van der Waals surface area (Å²) in [4.78, 5) is 3.24. The van der Waals surface area contributed by atoms with Crippen LogP contribution in [-0.2, 0) is 0 Å². The van der Waals surface area contributed by atoms with Crippen molar-refractivity contribution in [1.29, 1.82) is 0 Å². The van der Waals surface area contributed by atoms with Crippen LogP contribution < -0.4 is 0 Å². The fourth-order valence-electron chi connectivity index (χ4n) is 0.268. The average Bonchev–Trinajstić information content (AvgIpc) is 1.93. The van der Waals surface area contributed by atoms with Crippen LogP contribution in [0.15, 0.2) is 29.9 Å². The largest absolute Gasteiger partial charge is 0.229 e. The summed E-state index contributed by atoms with van der Waals surface area (Å²) < 4.78 is 12.0. The van der Waals surface area contributed by atoms with Crippen molar-refractivity contribution in [3.63, 3.8) is 0 Å². The molecule has 2 heteroatoms. The second-order valence-corrected chi connectivity index (χ2v) is 1.13. The minimum Gasteiger partial charge on any atom is -0.229 e. The van der Waals surface area contributed by atoms with E-state index in [1.807, 2.05) is 13.8 Å². The summed E-state index contributed by atoms with van der Waals surface area (Å²) in [5.41, 5.74) is 0. The zero-order chi connectivity index (χ0) is 8.41. The van der Waals surface area contributed by atoms with Gasteiger partial charge in [-0.25, -0.2) is 4.99 Å². The molecule has 0 saturated carbocycles. The van der Waals surface area contributed by atoms with E-state index in [0.717, 1.165) is 6.20 Å². The Kier molecular flexibility index (Phi) is 13.0. The van der Waals surface area contributed by atoms with Crippen LogP contribution >= 0.6 is 0 Å². The molecule has 0 aliphatic heterocycles. The Morgan fingerprint density at radius 2 is 2.00 bits per heavy atom. The molecule has 0 amide bonds. The Morgan fingerprint density at radius 1 is 1.50 bits per heavy atom. The van der Waals surface area contributed by atoms with E-state index in [1.54, 1.807) is 13.0 Å². The first kappa shape index (κ1) is 11.8. The summed E-state index contributed by atoms with van der Waals surface area (Å²) in [5, 5.41) is 0. The molecule has 10 heavy (non-hydrogen) atoms. The normalized spacial score (nSPS) is 10.6. The Hall–Kier alpha value is -0.920. The summed E-state index contributed by atoms with van der Waals surface area (Å²) in [6.07, 6.45) is 4.00. The van der Waals surface area contributed by atoms with Gasteiger partial charge in [-0.05, 0) is 13.0 Å². The van der Waals surface area contributed by atoms with Gasteiger partial charge >= 0.3 is 0 Å². The van der Waals surface area contributed by atoms with Crippen LogP contribution in [0.25, 0.3) is 0 Å². The van der Waals surface area contributed by atoms with E-state index in [4.69, 9.17) is 0 Å². The molecule has 58 valence electrons. The molecule has 0 bridgehead atoms. The van der Waals surface area contributed by atoms with Crippen LogP contribution in [0.4, 0.5) is 4.39 Å². The molecule has 0 N–H and O–H groups in total. The summed E-state index contributed by atoms with van der Waals surface area (Å²) >= 11 is 0. The van der Waals surface area contributed by atoms with Gasteiger partial charge in [0, 0.05) is 6.20 Å². The molecule has 0 heterocycles. The van der Waals surface area contributed by atoms with E-state index in [0.29, 0.717) is 0 Å². The summed E-state index contributed by atoms with van der Waals surface area (Å²) in [7, 11) is 0. The van der Waals surface area contributed by atoms with Gasteiger partial charge in [0.05, 0.1) is 0 Å². The molecule has 0 unspecified atom stereocenters. The van der Waals surface area contributed by atoms with Crippen LogP contribution in [0.3, 0.4) is 0 Å². The number of hydrogen-bond acceptors (Lipinski definition) is 1. The first-order chi connectivity index (χ1) is 4.81. The maximum absolute atomic E-state index is 12.0. The number of hydrogen-bond donors (Lipinski definition) is 0. The van der Waals surface area contributed by atoms with Crippen LogP contribution in [0.5, 0.6) is 0 Å². The molecule has 0 fully saturated rings. The van der Waals surface area contributed by atoms with Crippen molar-refractivity contribution in [2.24, 2.45) is 4.99 Å². The average molecular weight is 143 g/mol. The zero-order valence-electron chi connectivity index (χ0n) is 6.76. The highest BCUT2D eigenvalue weighted by Crippen LogP contribution is 1.83. The fourth-order valence-corrected chi connectivity index (χ4v) is 0.268. The lowest BCUT2D eigenvalue weighted by Gasteiger charge is -1.76.